The first-order valence-electron chi connectivity index (χ1n) is 4.80. The lowest BCUT2D eigenvalue weighted by Crippen LogP contribution is -2.11. The molecule has 0 amide bonds. The molecule has 0 saturated heterocycles. The van der Waals surface area contributed by atoms with Crippen molar-refractivity contribution in [1.82, 2.24) is 9.78 Å². The standard InChI is InChI=1S/C11H16N2/c1-11(2)7-4-5-9(11)10-6-8-12-13(10)3/h5-6,8H,4,7H2,1-3H3. The summed E-state index contributed by atoms with van der Waals surface area (Å²) < 4.78 is 1.96. The van der Waals surface area contributed by atoms with Gasteiger partial charge in [0.05, 0.1) is 5.69 Å². The molecule has 0 N–H and O–H groups in total. The molecule has 0 aliphatic heterocycles. The Hall–Kier alpha value is -1.05. The first kappa shape index (κ1) is 8.54. The van der Waals surface area contributed by atoms with E-state index in [0.29, 0.717) is 5.41 Å². The molecule has 70 valence electrons. The summed E-state index contributed by atoms with van der Waals surface area (Å²) >= 11 is 0. The Kier molecular flexibility index (Phi) is 1.79. The summed E-state index contributed by atoms with van der Waals surface area (Å²) in [7, 11) is 2.00. The van der Waals surface area contributed by atoms with Crippen molar-refractivity contribution >= 4 is 5.57 Å². The fraction of sp³-hybridized carbons (Fsp3) is 0.545. The Morgan fingerprint density at radius 2 is 2.23 bits per heavy atom. The summed E-state index contributed by atoms with van der Waals surface area (Å²) in [6.45, 7) is 4.61. The van der Waals surface area contributed by atoms with Crippen molar-refractivity contribution in [3.8, 4) is 0 Å². The van der Waals surface area contributed by atoms with Crippen LogP contribution in [-0.2, 0) is 7.05 Å². The second kappa shape index (κ2) is 2.72. The summed E-state index contributed by atoms with van der Waals surface area (Å²) in [6, 6.07) is 2.10. The van der Waals surface area contributed by atoms with E-state index in [2.05, 4.69) is 31.1 Å². The zero-order valence-corrected chi connectivity index (χ0v) is 8.54. The van der Waals surface area contributed by atoms with E-state index >= 15 is 0 Å². The molecule has 1 aliphatic rings. The van der Waals surface area contributed by atoms with Gasteiger partial charge in [0.25, 0.3) is 0 Å². The van der Waals surface area contributed by atoms with Crippen LogP contribution in [0.5, 0.6) is 0 Å². The second-order valence-corrected chi connectivity index (χ2v) is 4.38. The lowest BCUT2D eigenvalue weighted by Gasteiger charge is -2.22. The fourth-order valence-electron chi connectivity index (χ4n) is 2.08. The number of hydrogen-bond donors (Lipinski definition) is 0. The molecule has 0 saturated carbocycles. The van der Waals surface area contributed by atoms with Crippen LogP contribution in [0.15, 0.2) is 18.3 Å². The molecule has 0 fully saturated rings. The number of allylic oxidation sites excluding steroid dienone is 2. The van der Waals surface area contributed by atoms with E-state index in [1.165, 1.54) is 24.1 Å². The van der Waals surface area contributed by atoms with Crippen LogP contribution in [0.2, 0.25) is 0 Å². The monoisotopic (exact) mass is 176 g/mol. The first-order valence-corrected chi connectivity index (χ1v) is 4.80. The van der Waals surface area contributed by atoms with Gasteiger partial charge in [0.1, 0.15) is 0 Å². The van der Waals surface area contributed by atoms with E-state index in [0.717, 1.165) is 0 Å². The van der Waals surface area contributed by atoms with Crippen molar-refractivity contribution in [3.05, 3.63) is 24.0 Å². The van der Waals surface area contributed by atoms with Crippen molar-refractivity contribution < 1.29 is 0 Å². The molecule has 2 heteroatoms. The fourth-order valence-corrected chi connectivity index (χ4v) is 2.08. The zero-order valence-electron chi connectivity index (χ0n) is 8.54. The first-order chi connectivity index (χ1) is 6.11. The lowest BCUT2D eigenvalue weighted by atomic mass is 9.84. The number of aromatic nitrogens is 2. The summed E-state index contributed by atoms with van der Waals surface area (Å²) in [5.74, 6) is 0. The molecular weight excluding hydrogens is 160 g/mol. The SMILES string of the molecule is Cn1nccc1C1=CCCC1(C)C. The Labute approximate surface area is 79.3 Å². The van der Waals surface area contributed by atoms with E-state index in [1.54, 1.807) is 0 Å². The van der Waals surface area contributed by atoms with Crippen LogP contribution in [0, 0.1) is 5.41 Å². The van der Waals surface area contributed by atoms with Gasteiger partial charge in [-0.15, -0.1) is 0 Å². The maximum Gasteiger partial charge on any atom is 0.0640 e. The molecule has 0 atom stereocenters. The molecule has 2 rings (SSSR count). The predicted octanol–water partition coefficient (Wildman–Crippen LogP) is 2.62. The third-order valence-corrected chi connectivity index (χ3v) is 2.94. The molecule has 0 radical (unpaired) electrons. The summed E-state index contributed by atoms with van der Waals surface area (Å²) in [5, 5.41) is 4.20. The van der Waals surface area contributed by atoms with Crippen LogP contribution in [0.3, 0.4) is 0 Å². The van der Waals surface area contributed by atoms with Crippen LogP contribution < -0.4 is 0 Å². The maximum atomic E-state index is 4.20. The van der Waals surface area contributed by atoms with Gasteiger partial charge in [-0.05, 0) is 29.9 Å². The van der Waals surface area contributed by atoms with E-state index in [1.807, 2.05) is 17.9 Å². The van der Waals surface area contributed by atoms with Crippen molar-refractivity contribution in [3.63, 3.8) is 0 Å². The van der Waals surface area contributed by atoms with Crippen LogP contribution >= 0.6 is 0 Å². The third-order valence-electron chi connectivity index (χ3n) is 2.94. The van der Waals surface area contributed by atoms with Gasteiger partial charge in [-0.25, -0.2) is 0 Å². The quantitative estimate of drug-likeness (QED) is 0.643. The Bertz CT molecular complexity index is 345. The minimum atomic E-state index is 0.327. The van der Waals surface area contributed by atoms with Crippen LogP contribution in [0.1, 0.15) is 32.4 Å². The second-order valence-electron chi connectivity index (χ2n) is 4.38. The molecule has 1 aromatic rings. The van der Waals surface area contributed by atoms with Crippen LogP contribution in [0.4, 0.5) is 0 Å². The minimum Gasteiger partial charge on any atom is -0.268 e. The van der Waals surface area contributed by atoms with Crippen LogP contribution in [0.25, 0.3) is 5.57 Å². The third kappa shape index (κ3) is 1.30. The normalized spacial score (nSPS) is 20.4. The molecule has 2 nitrogen and oxygen atoms in total. The van der Waals surface area contributed by atoms with E-state index in [4.69, 9.17) is 0 Å². The highest BCUT2D eigenvalue weighted by molar-refractivity contribution is 5.69. The Balaban J connectivity index is 2.43. The molecule has 0 bridgehead atoms. The number of rotatable bonds is 1. The average molecular weight is 176 g/mol. The zero-order chi connectivity index (χ0) is 9.47. The summed E-state index contributed by atoms with van der Waals surface area (Å²) in [5.41, 5.74) is 3.04. The highest BCUT2D eigenvalue weighted by Gasteiger charge is 2.29. The average Bonchev–Trinajstić information content (AvgIpc) is 2.56. The van der Waals surface area contributed by atoms with E-state index < -0.39 is 0 Å². The number of hydrogen-bond acceptors (Lipinski definition) is 1. The van der Waals surface area contributed by atoms with Crippen molar-refractivity contribution in [1.29, 1.82) is 0 Å². The summed E-state index contributed by atoms with van der Waals surface area (Å²) in [4.78, 5) is 0. The Morgan fingerprint density at radius 3 is 2.69 bits per heavy atom. The van der Waals surface area contributed by atoms with Gasteiger partial charge in [0.2, 0.25) is 0 Å². The lowest BCUT2D eigenvalue weighted by molar-refractivity contribution is 0.483. The van der Waals surface area contributed by atoms with Crippen molar-refractivity contribution in [2.75, 3.05) is 0 Å². The number of aryl methyl sites for hydroxylation is 1. The predicted molar refractivity (Wildman–Crippen MR) is 54.2 cm³/mol. The van der Waals surface area contributed by atoms with Gasteiger partial charge in [-0.3, -0.25) is 4.68 Å². The van der Waals surface area contributed by atoms with Gasteiger partial charge in [-0.2, -0.15) is 5.10 Å². The van der Waals surface area contributed by atoms with Gasteiger partial charge < -0.3 is 0 Å². The molecule has 0 spiro atoms. The topological polar surface area (TPSA) is 17.8 Å². The van der Waals surface area contributed by atoms with E-state index in [-0.39, 0.29) is 0 Å². The highest BCUT2D eigenvalue weighted by Crippen LogP contribution is 2.43. The molecule has 0 aromatic carbocycles. The molecule has 1 heterocycles. The van der Waals surface area contributed by atoms with E-state index in [9.17, 15) is 0 Å². The number of nitrogens with zero attached hydrogens (tertiary/aromatic N) is 2. The van der Waals surface area contributed by atoms with Gasteiger partial charge in [-0.1, -0.05) is 19.9 Å². The Morgan fingerprint density at radius 1 is 1.46 bits per heavy atom. The smallest absolute Gasteiger partial charge is 0.0640 e. The maximum absolute atomic E-state index is 4.20. The summed E-state index contributed by atoms with van der Waals surface area (Å²) in [6.07, 6.45) is 6.67. The molecule has 0 unspecified atom stereocenters. The largest absolute Gasteiger partial charge is 0.268 e. The van der Waals surface area contributed by atoms with Gasteiger partial charge in [0, 0.05) is 13.2 Å². The molecule has 13 heavy (non-hydrogen) atoms. The van der Waals surface area contributed by atoms with Gasteiger partial charge >= 0.3 is 0 Å². The highest BCUT2D eigenvalue weighted by atomic mass is 15.3. The van der Waals surface area contributed by atoms with Gasteiger partial charge in [0.15, 0.2) is 0 Å². The molecule has 1 aromatic heterocycles. The van der Waals surface area contributed by atoms with Crippen molar-refractivity contribution in [2.24, 2.45) is 12.5 Å². The van der Waals surface area contributed by atoms with Crippen LogP contribution in [-0.4, -0.2) is 9.78 Å². The van der Waals surface area contributed by atoms with Crippen molar-refractivity contribution in [2.45, 2.75) is 26.7 Å². The molecule has 1 aliphatic carbocycles. The molecular formula is C11H16N2. The minimum absolute atomic E-state index is 0.327.